The van der Waals surface area contributed by atoms with Gasteiger partial charge in [-0.05, 0) is 47.9 Å². The average molecular weight is 375 g/mol. The normalized spacial score (nSPS) is 19.5. The Hall–Kier alpha value is -2.28. The highest BCUT2D eigenvalue weighted by molar-refractivity contribution is 7.91. The van der Waals surface area contributed by atoms with E-state index in [1.807, 2.05) is 25.1 Å². The van der Waals surface area contributed by atoms with Gasteiger partial charge in [0.2, 0.25) is 0 Å². The van der Waals surface area contributed by atoms with Crippen molar-refractivity contribution >= 4 is 26.6 Å². The molecule has 0 aromatic heterocycles. The minimum absolute atomic E-state index is 0.0677. The van der Waals surface area contributed by atoms with E-state index in [0.29, 0.717) is 18.9 Å². The zero-order valence-corrected chi connectivity index (χ0v) is 16.0. The minimum Gasteiger partial charge on any atom is -0.497 e. The van der Waals surface area contributed by atoms with Crippen molar-refractivity contribution in [2.45, 2.75) is 25.9 Å². The molecule has 1 atom stereocenters. The summed E-state index contributed by atoms with van der Waals surface area (Å²) < 4.78 is 28.5. The number of fused-ring (bicyclic) bond motifs is 1. The van der Waals surface area contributed by atoms with Crippen molar-refractivity contribution in [3.63, 3.8) is 0 Å². The highest BCUT2D eigenvalue weighted by Crippen LogP contribution is 2.22. The first-order valence-corrected chi connectivity index (χ1v) is 10.6. The number of hydrogen-bond donors (Lipinski definition) is 2. The van der Waals surface area contributed by atoms with Gasteiger partial charge in [0.1, 0.15) is 5.75 Å². The van der Waals surface area contributed by atoms with Crippen molar-refractivity contribution in [3.8, 4) is 5.75 Å². The summed E-state index contributed by atoms with van der Waals surface area (Å²) in [6, 6.07) is 12.1. The summed E-state index contributed by atoms with van der Waals surface area (Å²) in [5, 5.41) is 8.69. The van der Waals surface area contributed by atoms with Crippen molar-refractivity contribution in [1.82, 2.24) is 10.6 Å². The molecule has 6 nitrogen and oxygen atoms in total. The molecule has 140 valence electrons. The first kappa shape index (κ1) is 18.5. The van der Waals surface area contributed by atoms with Crippen LogP contribution >= 0.6 is 0 Å². The SMILES string of the molecule is CCNC(=NCc1ccc2cc(OC)ccc2c1)NC1CCS(=O)(=O)C1. The van der Waals surface area contributed by atoms with Gasteiger partial charge in [-0.25, -0.2) is 13.4 Å². The van der Waals surface area contributed by atoms with Crippen LogP contribution in [0.2, 0.25) is 0 Å². The van der Waals surface area contributed by atoms with E-state index in [1.165, 1.54) is 0 Å². The Bertz CT molecular complexity index is 909. The Kier molecular flexibility index (Phi) is 5.66. The van der Waals surface area contributed by atoms with Crippen molar-refractivity contribution in [2.75, 3.05) is 25.2 Å². The van der Waals surface area contributed by atoms with Gasteiger partial charge < -0.3 is 15.4 Å². The maximum atomic E-state index is 11.6. The molecule has 7 heteroatoms. The van der Waals surface area contributed by atoms with E-state index in [0.717, 1.165) is 28.6 Å². The van der Waals surface area contributed by atoms with E-state index < -0.39 is 9.84 Å². The maximum absolute atomic E-state index is 11.6. The van der Waals surface area contributed by atoms with Crippen LogP contribution in [0.15, 0.2) is 41.4 Å². The van der Waals surface area contributed by atoms with Crippen LogP contribution in [0.4, 0.5) is 0 Å². The fourth-order valence-electron chi connectivity index (χ4n) is 3.09. The summed E-state index contributed by atoms with van der Waals surface area (Å²) >= 11 is 0. The largest absolute Gasteiger partial charge is 0.497 e. The molecule has 2 aromatic rings. The van der Waals surface area contributed by atoms with Crippen molar-refractivity contribution in [1.29, 1.82) is 0 Å². The lowest BCUT2D eigenvalue weighted by Gasteiger charge is -2.15. The molecule has 1 heterocycles. The van der Waals surface area contributed by atoms with Crippen LogP contribution < -0.4 is 15.4 Å². The fourth-order valence-corrected chi connectivity index (χ4v) is 4.76. The van der Waals surface area contributed by atoms with Gasteiger partial charge in [0.05, 0.1) is 25.2 Å². The fraction of sp³-hybridized carbons (Fsp3) is 0.421. The number of nitrogens with zero attached hydrogens (tertiary/aromatic N) is 1. The number of nitrogens with one attached hydrogen (secondary N) is 2. The van der Waals surface area contributed by atoms with E-state index >= 15 is 0 Å². The standard InChI is InChI=1S/C19H25N3O3S/c1-3-20-19(22-17-8-9-26(23,24)13-17)21-12-14-4-5-16-11-18(25-2)7-6-15(16)10-14/h4-7,10-11,17H,3,8-9,12-13H2,1-2H3,(H2,20,21,22). The first-order chi connectivity index (χ1) is 12.5. The van der Waals surface area contributed by atoms with Crippen LogP contribution in [-0.2, 0) is 16.4 Å². The molecule has 0 saturated carbocycles. The zero-order valence-electron chi connectivity index (χ0n) is 15.2. The van der Waals surface area contributed by atoms with E-state index in [-0.39, 0.29) is 17.5 Å². The average Bonchev–Trinajstić information content (AvgIpc) is 2.97. The van der Waals surface area contributed by atoms with Gasteiger partial charge in [0, 0.05) is 12.6 Å². The molecule has 26 heavy (non-hydrogen) atoms. The molecule has 1 saturated heterocycles. The second kappa shape index (κ2) is 7.95. The third-order valence-electron chi connectivity index (χ3n) is 4.45. The number of hydrogen-bond acceptors (Lipinski definition) is 4. The summed E-state index contributed by atoms with van der Waals surface area (Å²) in [6.07, 6.45) is 0.630. The number of rotatable bonds is 5. The van der Waals surface area contributed by atoms with Crippen molar-refractivity contribution in [2.24, 2.45) is 4.99 Å². The Morgan fingerprint density at radius 3 is 2.69 bits per heavy atom. The van der Waals surface area contributed by atoms with Gasteiger partial charge in [-0.1, -0.05) is 18.2 Å². The molecule has 0 spiro atoms. The molecular formula is C19H25N3O3S. The van der Waals surface area contributed by atoms with Crippen LogP contribution in [0.25, 0.3) is 10.8 Å². The predicted molar refractivity (Wildman–Crippen MR) is 106 cm³/mol. The number of guanidine groups is 1. The molecule has 0 radical (unpaired) electrons. The van der Waals surface area contributed by atoms with Crippen LogP contribution in [0, 0.1) is 0 Å². The molecule has 2 aromatic carbocycles. The lowest BCUT2D eigenvalue weighted by Crippen LogP contribution is -2.44. The molecule has 3 rings (SSSR count). The lowest BCUT2D eigenvalue weighted by molar-refractivity contribution is 0.415. The van der Waals surface area contributed by atoms with Crippen molar-refractivity contribution in [3.05, 3.63) is 42.0 Å². The Morgan fingerprint density at radius 2 is 2.00 bits per heavy atom. The maximum Gasteiger partial charge on any atom is 0.191 e. The molecule has 1 unspecified atom stereocenters. The van der Waals surface area contributed by atoms with Crippen LogP contribution in [0.1, 0.15) is 18.9 Å². The minimum atomic E-state index is -2.91. The highest BCUT2D eigenvalue weighted by atomic mass is 32.2. The molecule has 1 aliphatic rings. The van der Waals surface area contributed by atoms with Crippen LogP contribution in [0.5, 0.6) is 5.75 Å². The molecule has 1 aliphatic heterocycles. The molecular weight excluding hydrogens is 350 g/mol. The van der Waals surface area contributed by atoms with E-state index in [1.54, 1.807) is 7.11 Å². The van der Waals surface area contributed by atoms with E-state index in [4.69, 9.17) is 4.74 Å². The van der Waals surface area contributed by atoms with Crippen LogP contribution in [-0.4, -0.2) is 45.6 Å². The van der Waals surface area contributed by atoms with Gasteiger partial charge in [-0.2, -0.15) is 0 Å². The first-order valence-electron chi connectivity index (χ1n) is 8.81. The molecule has 1 fully saturated rings. The third kappa shape index (κ3) is 4.66. The smallest absolute Gasteiger partial charge is 0.191 e. The number of aliphatic imine (C=N–C) groups is 1. The van der Waals surface area contributed by atoms with Gasteiger partial charge in [0.15, 0.2) is 15.8 Å². The second-order valence-electron chi connectivity index (χ2n) is 6.49. The number of methoxy groups -OCH3 is 1. The number of benzene rings is 2. The summed E-state index contributed by atoms with van der Waals surface area (Å²) in [5.74, 6) is 1.92. The van der Waals surface area contributed by atoms with Gasteiger partial charge >= 0.3 is 0 Å². The van der Waals surface area contributed by atoms with Gasteiger partial charge in [0.25, 0.3) is 0 Å². The van der Waals surface area contributed by atoms with Crippen LogP contribution in [0.3, 0.4) is 0 Å². The predicted octanol–water partition coefficient (Wildman–Crippen LogP) is 2.09. The van der Waals surface area contributed by atoms with Crippen molar-refractivity contribution < 1.29 is 13.2 Å². The Labute approximate surface area is 154 Å². The molecule has 0 amide bonds. The van der Waals surface area contributed by atoms with Gasteiger partial charge in [-0.3, -0.25) is 0 Å². The monoisotopic (exact) mass is 375 g/mol. The topological polar surface area (TPSA) is 79.8 Å². The third-order valence-corrected chi connectivity index (χ3v) is 6.22. The van der Waals surface area contributed by atoms with Gasteiger partial charge in [-0.15, -0.1) is 0 Å². The molecule has 0 bridgehead atoms. The summed E-state index contributed by atoms with van der Waals surface area (Å²) in [7, 11) is -1.25. The lowest BCUT2D eigenvalue weighted by atomic mass is 10.1. The Morgan fingerprint density at radius 1 is 1.23 bits per heavy atom. The second-order valence-corrected chi connectivity index (χ2v) is 8.72. The molecule has 0 aliphatic carbocycles. The quantitative estimate of drug-likeness (QED) is 0.618. The summed E-state index contributed by atoms with van der Waals surface area (Å²) in [6.45, 7) is 3.24. The zero-order chi connectivity index (χ0) is 18.6. The van der Waals surface area contributed by atoms with E-state index in [9.17, 15) is 8.42 Å². The Balaban J connectivity index is 1.71. The highest BCUT2D eigenvalue weighted by Gasteiger charge is 2.28. The molecule has 2 N–H and O–H groups in total. The summed E-state index contributed by atoms with van der Waals surface area (Å²) in [5.41, 5.74) is 1.10. The summed E-state index contributed by atoms with van der Waals surface area (Å²) in [4.78, 5) is 4.61. The number of sulfone groups is 1. The number of ether oxygens (including phenoxy) is 1. The van der Waals surface area contributed by atoms with E-state index in [2.05, 4.69) is 33.8 Å².